The Morgan fingerprint density at radius 2 is 1.85 bits per heavy atom. The average Bonchev–Trinajstić information content (AvgIpc) is 3.26. The summed E-state index contributed by atoms with van der Waals surface area (Å²) in [6.07, 6.45) is 2.67. The van der Waals surface area contributed by atoms with E-state index in [4.69, 9.17) is 10.5 Å². The number of H-pyrrole nitrogens is 1. The average molecular weight is 443 g/mol. The van der Waals surface area contributed by atoms with E-state index in [1.54, 1.807) is 49.6 Å². The van der Waals surface area contributed by atoms with Crippen LogP contribution in [0.2, 0.25) is 0 Å². The fraction of sp³-hybridized carbons (Fsp3) is 0.125. The van der Waals surface area contributed by atoms with Crippen molar-refractivity contribution in [3.05, 3.63) is 78.1 Å². The number of ether oxygens (including phenoxy) is 1. The minimum absolute atomic E-state index is 0.286. The maximum absolute atomic E-state index is 12.7. The van der Waals surface area contributed by atoms with Crippen molar-refractivity contribution in [1.82, 2.24) is 15.0 Å². The number of nitrogens with one attached hydrogen (secondary N) is 2. The molecule has 0 bridgehead atoms. The third kappa shape index (κ3) is 4.87. The van der Waals surface area contributed by atoms with Crippen LogP contribution in [0.3, 0.4) is 0 Å². The second-order valence-corrected chi connectivity index (χ2v) is 7.29. The van der Waals surface area contributed by atoms with Crippen molar-refractivity contribution in [3.8, 4) is 11.4 Å². The molecule has 2 aromatic carbocycles. The van der Waals surface area contributed by atoms with Gasteiger partial charge in [-0.2, -0.15) is 0 Å². The number of aromatic amines is 1. The van der Waals surface area contributed by atoms with E-state index < -0.39 is 23.9 Å². The van der Waals surface area contributed by atoms with Crippen molar-refractivity contribution in [2.75, 3.05) is 5.32 Å². The third-order valence-corrected chi connectivity index (χ3v) is 5.00. The van der Waals surface area contributed by atoms with Gasteiger partial charge in [0.1, 0.15) is 5.82 Å². The van der Waals surface area contributed by atoms with Gasteiger partial charge in [-0.3, -0.25) is 14.6 Å². The first kappa shape index (κ1) is 21.7. The molecule has 0 aliphatic carbocycles. The lowest BCUT2D eigenvalue weighted by atomic mass is 10.2. The quantitative estimate of drug-likeness (QED) is 0.374. The van der Waals surface area contributed by atoms with E-state index in [-0.39, 0.29) is 6.42 Å². The third-order valence-electron chi connectivity index (χ3n) is 5.00. The first-order valence-corrected chi connectivity index (χ1v) is 10.3. The number of nitrogens with two attached hydrogens (primary N) is 1. The Hall–Kier alpha value is -4.53. The normalized spacial score (nSPS) is 11.7. The molecule has 0 fully saturated rings. The number of hydrogen-bond donors (Lipinski definition) is 3. The van der Waals surface area contributed by atoms with Gasteiger partial charge in [0, 0.05) is 29.2 Å². The smallest absolute Gasteiger partial charge is 0.338 e. The number of rotatable bonds is 7. The fourth-order valence-electron chi connectivity index (χ4n) is 3.24. The van der Waals surface area contributed by atoms with E-state index >= 15 is 0 Å². The zero-order valence-corrected chi connectivity index (χ0v) is 17.7. The van der Waals surface area contributed by atoms with Gasteiger partial charge < -0.3 is 20.8 Å². The van der Waals surface area contributed by atoms with Gasteiger partial charge >= 0.3 is 5.97 Å². The van der Waals surface area contributed by atoms with Crippen LogP contribution in [0.15, 0.2) is 67.0 Å². The topological polar surface area (TPSA) is 140 Å². The van der Waals surface area contributed by atoms with Crippen LogP contribution >= 0.6 is 0 Å². The zero-order chi connectivity index (χ0) is 23.4. The first-order valence-electron chi connectivity index (χ1n) is 10.3. The summed E-state index contributed by atoms with van der Waals surface area (Å²) in [5.41, 5.74) is 8.47. The molecule has 1 unspecified atom stereocenters. The van der Waals surface area contributed by atoms with Gasteiger partial charge in [-0.1, -0.05) is 6.92 Å². The molecular weight excluding hydrogens is 422 g/mol. The van der Waals surface area contributed by atoms with Crippen LogP contribution in [-0.2, 0) is 9.53 Å². The molecular formula is C24H21N5O4. The van der Waals surface area contributed by atoms with Crippen molar-refractivity contribution in [2.24, 2.45) is 5.73 Å². The number of hydrogen-bond acceptors (Lipinski definition) is 6. The van der Waals surface area contributed by atoms with Gasteiger partial charge in [-0.05, 0) is 61.0 Å². The minimum atomic E-state index is -0.989. The highest BCUT2D eigenvalue weighted by Crippen LogP contribution is 2.21. The number of esters is 1. The summed E-state index contributed by atoms with van der Waals surface area (Å²) in [6, 6.07) is 14.8. The molecule has 33 heavy (non-hydrogen) atoms. The molecule has 4 rings (SSSR count). The number of anilines is 1. The number of primary amides is 1. The summed E-state index contributed by atoms with van der Waals surface area (Å²) in [5.74, 6) is -1.02. The Morgan fingerprint density at radius 3 is 2.52 bits per heavy atom. The van der Waals surface area contributed by atoms with Crippen molar-refractivity contribution in [3.63, 3.8) is 0 Å². The van der Waals surface area contributed by atoms with E-state index in [2.05, 4.69) is 20.3 Å². The minimum Gasteiger partial charge on any atom is -0.449 e. The highest BCUT2D eigenvalue weighted by atomic mass is 16.5. The van der Waals surface area contributed by atoms with E-state index in [1.807, 2.05) is 12.1 Å². The van der Waals surface area contributed by atoms with Gasteiger partial charge in [0.15, 0.2) is 6.10 Å². The molecule has 2 aromatic heterocycles. The summed E-state index contributed by atoms with van der Waals surface area (Å²) in [5, 5.41) is 2.68. The lowest BCUT2D eigenvalue weighted by molar-refractivity contribution is -0.124. The van der Waals surface area contributed by atoms with Gasteiger partial charge in [0.05, 0.1) is 16.6 Å². The van der Waals surface area contributed by atoms with Crippen molar-refractivity contribution >= 4 is 34.5 Å². The van der Waals surface area contributed by atoms with Crippen molar-refractivity contribution < 1.29 is 19.1 Å². The Bertz CT molecular complexity index is 1320. The van der Waals surface area contributed by atoms with Crippen LogP contribution in [0, 0.1) is 0 Å². The standard InChI is InChI=1S/C24H21N5O4/c1-2-20(23(31)27-17-8-5-14(6-9-17)21(25)30)33-24(32)15-7-10-18-19(12-15)29-22(28-18)16-4-3-11-26-13-16/h3-13,20H,2H2,1H3,(H2,25,30)(H,27,31)(H,28,29). The van der Waals surface area contributed by atoms with Gasteiger partial charge in [0.2, 0.25) is 5.91 Å². The van der Waals surface area contributed by atoms with E-state index in [1.165, 1.54) is 12.1 Å². The van der Waals surface area contributed by atoms with E-state index in [0.717, 1.165) is 5.56 Å². The molecule has 9 nitrogen and oxygen atoms in total. The molecule has 2 heterocycles. The molecule has 1 atom stereocenters. The van der Waals surface area contributed by atoms with Crippen molar-refractivity contribution in [2.45, 2.75) is 19.4 Å². The summed E-state index contributed by atoms with van der Waals surface area (Å²) < 4.78 is 5.45. The molecule has 0 saturated heterocycles. The maximum Gasteiger partial charge on any atom is 0.338 e. The molecule has 4 aromatic rings. The number of carbonyl (C=O) groups is 3. The molecule has 4 N–H and O–H groups in total. The Morgan fingerprint density at radius 1 is 1.09 bits per heavy atom. The monoisotopic (exact) mass is 443 g/mol. The SMILES string of the molecule is CCC(OC(=O)c1ccc2nc(-c3cccnc3)[nH]c2c1)C(=O)Nc1ccc(C(N)=O)cc1. The summed E-state index contributed by atoms with van der Waals surface area (Å²) in [4.78, 5) is 48.2. The number of imidazole rings is 1. The number of benzene rings is 2. The van der Waals surface area contributed by atoms with Gasteiger partial charge in [-0.25, -0.2) is 9.78 Å². The van der Waals surface area contributed by atoms with Gasteiger partial charge in [-0.15, -0.1) is 0 Å². The summed E-state index contributed by atoms with van der Waals surface area (Å²) in [6.45, 7) is 1.74. The molecule has 166 valence electrons. The van der Waals surface area contributed by atoms with E-state index in [9.17, 15) is 14.4 Å². The molecule has 2 amide bonds. The van der Waals surface area contributed by atoms with Crippen LogP contribution in [0.5, 0.6) is 0 Å². The van der Waals surface area contributed by atoms with Crippen LogP contribution < -0.4 is 11.1 Å². The first-order chi connectivity index (χ1) is 15.9. The molecule has 0 spiro atoms. The maximum atomic E-state index is 12.7. The number of fused-ring (bicyclic) bond motifs is 1. The number of pyridine rings is 1. The number of nitrogens with zero attached hydrogens (tertiary/aromatic N) is 2. The molecule has 0 radical (unpaired) electrons. The van der Waals surface area contributed by atoms with Gasteiger partial charge in [0.25, 0.3) is 5.91 Å². The Labute approximate surface area is 189 Å². The fourth-order valence-corrected chi connectivity index (χ4v) is 3.24. The van der Waals surface area contributed by atoms with Crippen LogP contribution in [0.1, 0.15) is 34.1 Å². The number of carbonyl (C=O) groups excluding carboxylic acids is 3. The van der Waals surface area contributed by atoms with Crippen LogP contribution in [0.25, 0.3) is 22.4 Å². The van der Waals surface area contributed by atoms with E-state index in [0.29, 0.717) is 33.7 Å². The number of amides is 2. The largest absolute Gasteiger partial charge is 0.449 e. The van der Waals surface area contributed by atoms with Crippen LogP contribution in [-0.4, -0.2) is 38.8 Å². The summed E-state index contributed by atoms with van der Waals surface area (Å²) >= 11 is 0. The summed E-state index contributed by atoms with van der Waals surface area (Å²) in [7, 11) is 0. The zero-order valence-electron chi connectivity index (χ0n) is 17.7. The molecule has 0 aliphatic rings. The predicted octanol–water partition coefficient (Wildman–Crippen LogP) is 3.30. The second-order valence-electron chi connectivity index (χ2n) is 7.29. The molecule has 9 heteroatoms. The highest BCUT2D eigenvalue weighted by Gasteiger charge is 2.22. The Kier molecular flexibility index (Phi) is 6.12. The predicted molar refractivity (Wildman–Crippen MR) is 122 cm³/mol. The lowest BCUT2D eigenvalue weighted by Gasteiger charge is -2.16. The van der Waals surface area contributed by atoms with Crippen LogP contribution in [0.4, 0.5) is 5.69 Å². The lowest BCUT2D eigenvalue weighted by Crippen LogP contribution is -2.32. The second kappa shape index (κ2) is 9.31. The molecule has 0 saturated carbocycles. The highest BCUT2D eigenvalue weighted by molar-refractivity contribution is 5.99. The number of aromatic nitrogens is 3. The molecule has 0 aliphatic heterocycles. The Balaban J connectivity index is 1.46. The van der Waals surface area contributed by atoms with Crippen molar-refractivity contribution in [1.29, 1.82) is 0 Å².